The Bertz CT molecular complexity index is 1860. The Morgan fingerprint density at radius 2 is 0.980 bits per heavy atom. The fourth-order valence-corrected chi connectivity index (χ4v) is 3.54. The van der Waals surface area contributed by atoms with Gasteiger partial charge in [0.15, 0.2) is 11.6 Å². The standard InChI is InChI=1S/C19H14N2O4.C10H9NO3.C8H7NO/c20-12-14(10-16-4-2-8-24-16)18(22)6-1-7-19(23)15(13-21)11-17-5-3-9-25-17;1-2-13-10(12)8(7-11)6-9-4-3-5-14-9;1-7(6-9)5-8-3-2-4-10-8/h2-5,8-11H,1,6-7H2;3-6H,2H2,1H3;2-5H,1H3/b14-10+,15-11+;8-6+;7-5-. The Labute approximate surface area is 282 Å². The third-order valence-corrected chi connectivity index (χ3v) is 5.83. The molecule has 4 aromatic heterocycles. The molecule has 0 aliphatic heterocycles. The van der Waals surface area contributed by atoms with Gasteiger partial charge in [-0.15, -0.1) is 0 Å². The first kappa shape index (κ1) is 38.0. The molecular formula is C37H30N4O8. The minimum atomic E-state index is -0.633. The minimum absolute atomic E-state index is 0.0330. The SMILES string of the molecule is C/C(C#N)=C/c1ccco1.CCOC(=O)/C(C#N)=C/c1ccco1.N#C/C(=C\c1ccco1)C(=O)CCCC(=O)/C(C#N)=C/c1ccco1. The van der Waals surface area contributed by atoms with Gasteiger partial charge in [-0.3, -0.25) is 9.59 Å². The van der Waals surface area contributed by atoms with Crippen LogP contribution in [-0.4, -0.2) is 24.1 Å². The predicted molar refractivity (Wildman–Crippen MR) is 175 cm³/mol. The number of nitriles is 4. The molecular weight excluding hydrogens is 628 g/mol. The number of allylic oxidation sites excluding steroid dienone is 3. The van der Waals surface area contributed by atoms with E-state index in [0.717, 1.165) is 5.76 Å². The number of carbonyl (C=O) groups excluding carboxylic acids is 3. The first-order valence-corrected chi connectivity index (χ1v) is 14.6. The van der Waals surface area contributed by atoms with E-state index in [1.807, 2.05) is 18.2 Å². The summed E-state index contributed by atoms with van der Waals surface area (Å²) in [5, 5.41) is 35.2. The van der Waals surface area contributed by atoms with Gasteiger partial charge in [0, 0.05) is 36.6 Å². The summed E-state index contributed by atoms with van der Waals surface area (Å²) in [7, 11) is 0. The largest absolute Gasteiger partial charge is 0.465 e. The fourth-order valence-electron chi connectivity index (χ4n) is 3.54. The minimum Gasteiger partial charge on any atom is -0.465 e. The van der Waals surface area contributed by atoms with Crippen LogP contribution >= 0.6 is 0 Å². The van der Waals surface area contributed by atoms with E-state index < -0.39 is 5.97 Å². The molecule has 0 aromatic carbocycles. The zero-order valence-electron chi connectivity index (χ0n) is 26.6. The van der Waals surface area contributed by atoms with Crippen molar-refractivity contribution in [1.82, 2.24) is 0 Å². The molecule has 0 bridgehead atoms. The summed E-state index contributed by atoms with van der Waals surface area (Å²) >= 11 is 0. The summed E-state index contributed by atoms with van der Waals surface area (Å²) in [6.45, 7) is 3.66. The van der Waals surface area contributed by atoms with Crippen LogP contribution in [0.25, 0.3) is 24.3 Å². The average molecular weight is 659 g/mol. The molecule has 49 heavy (non-hydrogen) atoms. The molecule has 0 saturated carbocycles. The highest BCUT2D eigenvalue weighted by Crippen LogP contribution is 2.14. The Balaban J connectivity index is 0.000000290. The van der Waals surface area contributed by atoms with Crippen molar-refractivity contribution in [2.24, 2.45) is 0 Å². The molecule has 0 atom stereocenters. The van der Waals surface area contributed by atoms with Crippen molar-refractivity contribution in [3.05, 3.63) is 119 Å². The van der Waals surface area contributed by atoms with E-state index in [1.165, 1.54) is 37.0 Å². The van der Waals surface area contributed by atoms with Crippen molar-refractivity contribution >= 4 is 41.8 Å². The summed E-state index contributed by atoms with van der Waals surface area (Å²) in [5.74, 6) is 0.615. The van der Waals surface area contributed by atoms with Crippen molar-refractivity contribution in [2.75, 3.05) is 6.61 Å². The molecule has 4 heterocycles. The topological polar surface area (TPSA) is 208 Å². The quantitative estimate of drug-likeness (QED) is 0.0816. The fraction of sp³-hybridized carbons (Fsp3) is 0.162. The third-order valence-electron chi connectivity index (χ3n) is 5.83. The summed E-state index contributed by atoms with van der Waals surface area (Å²) in [4.78, 5) is 35.2. The highest BCUT2D eigenvalue weighted by molar-refractivity contribution is 6.05. The first-order valence-electron chi connectivity index (χ1n) is 14.6. The smallest absolute Gasteiger partial charge is 0.349 e. The first-order chi connectivity index (χ1) is 23.7. The number of hydrogen-bond donors (Lipinski definition) is 0. The number of ketones is 2. The number of nitrogens with zero attached hydrogens (tertiary/aromatic N) is 4. The molecule has 4 aromatic rings. The molecule has 0 radical (unpaired) electrons. The third kappa shape index (κ3) is 14.2. The van der Waals surface area contributed by atoms with Gasteiger partial charge in [0.25, 0.3) is 0 Å². The zero-order chi connectivity index (χ0) is 35.9. The number of esters is 1. The maximum absolute atomic E-state index is 12.0. The lowest BCUT2D eigenvalue weighted by Gasteiger charge is -2.00. The Kier molecular flexibility index (Phi) is 16.7. The summed E-state index contributed by atoms with van der Waals surface area (Å²) in [6, 6.07) is 20.9. The van der Waals surface area contributed by atoms with Crippen LogP contribution in [-0.2, 0) is 19.1 Å². The molecule has 4 rings (SSSR count). The van der Waals surface area contributed by atoms with Crippen molar-refractivity contribution in [1.29, 1.82) is 21.0 Å². The summed E-state index contributed by atoms with van der Waals surface area (Å²) < 4.78 is 24.7. The summed E-state index contributed by atoms with van der Waals surface area (Å²) in [5.41, 5.74) is 0.514. The van der Waals surface area contributed by atoms with E-state index in [0.29, 0.717) is 22.9 Å². The molecule has 0 amide bonds. The average Bonchev–Trinajstić information content (AvgIpc) is 3.95. The van der Waals surface area contributed by atoms with Crippen LogP contribution in [0.4, 0.5) is 0 Å². The summed E-state index contributed by atoms with van der Waals surface area (Å²) in [6.07, 6.45) is 12.0. The number of Topliss-reactive ketones (excluding diaryl/α,β-unsaturated/α-hetero) is 2. The molecule has 12 nitrogen and oxygen atoms in total. The molecule has 0 spiro atoms. The predicted octanol–water partition coefficient (Wildman–Crippen LogP) is 7.65. The molecule has 12 heteroatoms. The molecule has 0 unspecified atom stereocenters. The van der Waals surface area contributed by atoms with Crippen LogP contribution in [0, 0.1) is 45.3 Å². The van der Waals surface area contributed by atoms with Crippen molar-refractivity contribution in [2.45, 2.75) is 33.1 Å². The van der Waals surface area contributed by atoms with E-state index in [4.69, 9.17) is 38.7 Å². The Morgan fingerprint density at radius 3 is 1.29 bits per heavy atom. The van der Waals surface area contributed by atoms with Crippen LogP contribution in [0.1, 0.15) is 56.2 Å². The molecule has 0 aliphatic carbocycles. The van der Waals surface area contributed by atoms with Gasteiger partial charge in [-0.2, -0.15) is 21.0 Å². The van der Waals surface area contributed by atoms with Gasteiger partial charge in [-0.1, -0.05) is 0 Å². The molecule has 246 valence electrons. The van der Waals surface area contributed by atoms with Gasteiger partial charge in [-0.25, -0.2) is 4.79 Å². The Morgan fingerprint density at radius 1 is 0.612 bits per heavy atom. The van der Waals surface area contributed by atoms with Crippen LogP contribution < -0.4 is 0 Å². The van der Waals surface area contributed by atoms with Gasteiger partial charge in [-0.05, 0) is 74.9 Å². The second-order valence-electron chi connectivity index (χ2n) is 9.43. The number of ether oxygens (including phenoxy) is 1. The van der Waals surface area contributed by atoms with E-state index in [2.05, 4.69) is 4.74 Å². The van der Waals surface area contributed by atoms with E-state index in [1.54, 1.807) is 80.8 Å². The molecule has 0 aliphatic rings. The van der Waals surface area contributed by atoms with Crippen LogP contribution in [0.5, 0.6) is 0 Å². The second kappa shape index (κ2) is 21.6. The highest BCUT2D eigenvalue weighted by atomic mass is 16.5. The molecule has 0 saturated heterocycles. The van der Waals surface area contributed by atoms with Crippen LogP contribution in [0.2, 0.25) is 0 Å². The van der Waals surface area contributed by atoms with E-state index in [9.17, 15) is 14.4 Å². The molecule has 0 fully saturated rings. The number of carbonyl (C=O) groups is 3. The lowest BCUT2D eigenvalue weighted by Crippen LogP contribution is -2.05. The monoisotopic (exact) mass is 658 g/mol. The number of hydrogen-bond acceptors (Lipinski definition) is 12. The Hall–Kier alpha value is -7.15. The van der Waals surface area contributed by atoms with Gasteiger partial charge < -0.3 is 22.4 Å². The van der Waals surface area contributed by atoms with Crippen molar-refractivity contribution in [3.8, 4) is 24.3 Å². The van der Waals surface area contributed by atoms with Gasteiger partial charge in [0.2, 0.25) is 0 Å². The van der Waals surface area contributed by atoms with Crippen molar-refractivity contribution < 1.29 is 36.8 Å². The number of furan rings is 4. The van der Waals surface area contributed by atoms with Crippen LogP contribution in [0.15, 0.2) is 114 Å². The number of rotatable bonds is 12. The zero-order valence-corrected chi connectivity index (χ0v) is 26.6. The molecule has 0 N–H and O–H groups in total. The maximum atomic E-state index is 12.0. The maximum Gasteiger partial charge on any atom is 0.349 e. The lowest BCUT2D eigenvalue weighted by molar-refractivity contribution is -0.138. The normalized spacial score (nSPS) is 11.2. The van der Waals surface area contributed by atoms with Gasteiger partial charge >= 0.3 is 5.97 Å². The van der Waals surface area contributed by atoms with Crippen molar-refractivity contribution in [3.63, 3.8) is 0 Å². The highest BCUT2D eigenvalue weighted by Gasteiger charge is 2.14. The second-order valence-corrected chi connectivity index (χ2v) is 9.43. The van der Waals surface area contributed by atoms with E-state index in [-0.39, 0.29) is 54.2 Å². The van der Waals surface area contributed by atoms with E-state index >= 15 is 0 Å². The van der Waals surface area contributed by atoms with Crippen LogP contribution in [0.3, 0.4) is 0 Å². The van der Waals surface area contributed by atoms with Gasteiger partial charge in [0.1, 0.15) is 46.8 Å². The lowest BCUT2D eigenvalue weighted by atomic mass is 10.0. The van der Waals surface area contributed by atoms with Gasteiger partial charge in [0.05, 0.1) is 48.9 Å².